The molecule has 12 nitrogen and oxygen atoms in total. The summed E-state index contributed by atoms with van der Waals surface area (Å²) in [5.41, 5.74) is 6.26. The van der Waals surface area contributed by atoms with Crippen LogP contribution in [0.3, 0.4) is 0 Å². The van der Waals surface area contributed by atoms with Gasteiger partial charge in [-0.1, -0.05) is 5.16 Å². The number of thiazole rings is 1. The fourth-order valence-electron chi connectivity index (χ4n) is 3.07. The van der Waals surface area contributed by atoms with Gasteiger partial charge < -0.3 is 30.5 Å². The molecule has 1 saturated heterocycles. The van der Waals surface area contributed by atoms with E-state index in [2.05, 4.69) is 15.5 Å². The Bertz CT molecular complexity index is 945. The van der Waals surface area contributed by atoms with E-state index in [1.165, 1.54) is 37.8 Å². The Kier molecular flexibility index (Phi) is 7.15. The lowest BCUT2D eigenvalue weighted by molar-refractivity contribution is -0.166. The molecule has 14 heteroatoms. The summed E-state index contributed by atoms with van der Waals surface area (Å²) in [6.07, 6.45) is -1.35. The average molecular weight is 472 g/mol. The second-order valence-corrected chi connectivity index (χ2v) is 8.44. The third kappa shape index (κ3) is 4.66. The number of β-lactam (4-membered cyclic amide) rings is 1. The van der Waals surface area contributed by atoms with Crippen molar-refractivity contribution in [3.63, 3.8) is 0 Å². The number of fused-ring (bicyclic) bond motifs is 1. The molecule has 3 atom stereocenters. The minimum atomic E-state index is -1.35. The molecule has 2 aliphatic heterocycles. The number of carbonyl (C=O) groups excluding carboxylic acids is 3. The minimum absolute atomic E-state index is 0.0139. The van der Waals surface area contributed by atoms with E-state index < -0.39 is 35.5 Å². The third-order valence-electron chi connectivity index (χ3n) is 4.29. The van der Waals surface area contributed by atoms with Gasteiger partial charge in [-0.25, -0.2) is 9.78 Å². The Morgan fingerprint density at radius 3 is 2.81 bits per heavy atom. The Labute approximate surface area is 185 Å². The van der Waals surface area contributed by atoms with Crippen LogP contribution in [0, 0.1) is 0 Å². The van der Waals surface area contributed by atoms with Crippen molar-refractivity contribution in [2.75, 3.05) is 32.3 Å². The maximum Gasteiger partial charge on any atom is 0.357 e. The van der Waals surface area contributed by atoms with Crippen LogP contribution >= 0.6 is 23.1 Å². The van der Waals surface area contributed by atoms with Gasteiger partial charge in [-0.05, 0) is 12.5 Å². The van der Waals surface area contributed by atoms with Crippen molar-refractivity contribution in [3.05, 3.63) is 22.3 Å². The van der Waals surface area contributed by atoms with Crippen molar-refractivity contribution in [1.82, 2.24) is 15.2 Å². The zero-order valence-corrected chi connectivity index (χ0v) is 18.5. The molecule has 0 saturated carbocycles. The lowest BCUT2D eigenvalue weighted by Crippen LogP contribution is -2.71. The lowest BCUT2D eigenvalue weighted by Gasteiger charge is -2.49. The van der Waals surface area contributed by atoms with Gasteiger partial charge >= 0.3 is 5.97 Å². The van der Waals surface area contributed by atoms with E-state index in [9.17, 15) is 19.5 Å². The number of amides is 2. The van der Waals surface area contributed by atoms with Gasteiger partial charge in [0.2, 0.25) is 0 Å². The SMILES string of the molecule is COCC1=C(C(=O)OC(C)O)N2C(=O)C(NC(=O)C(=NOC)c3csc(N)n3)C2SC1. The van der Waals surface area contributed by atoms with Crippen LogP contribution in [0.15, 0.2) is 21.8 Å². The number of esters is 1. The first kappa shape index (κ1) is 23.0. The number of aliphatic hydroxyl groups is 1. The van der Waals surface area contributed by atoms with Gasteiger partial charge in [0.15, 0.2) is 17.1 Å². The first-order valence-corrected chi connectivity index (χ1v) is 10.9. The molecular formula is C17H21N5O7S2. The van der Waals surface area contributed by atoms with Crippen LogP contribution in [0.25, 0.3) is 0 Å². The highest BCUT2D eigenvalue weighted by Gasteiger charge is 2.54. The highest BCUT2D eigenvalue weighted by molar-refractivity contribution is 8.00. The van der Waals surface area contributed by atoms with Crippen molar-refractivity contribution in [1.29, 1.82) is 0 Å². The Balaban J connectivity index is 1.80. The third-order valence-corrected chi connectivity index (χ3v) is 6.30. The van der Waals surface area contributed by atoms with Crippen LogP contribution in [0.4, 0.5) is 5.13 Å². The molecule has 1 aromatic rings. The van der Waals surface area contributed by atoms with Crippen molar-refractivity contribution >= 4 is 51.7 Å². The van der Waals surface area contributed by atoms with Gasteiger partial charge in [-0.15, -0.1) is 23.1 Å². The van der Waals surface area contributed by atoms with E-state index in [-0.39, 0.29) is 28.8 Å². The second-order valence-electron chi connectivity index (χ2n) is 6.44. The first-order valence-electron chi connectivity index (χ1n) is 8.96. The number of aromatic nitrogens is 1. The summed E-state index contributed by atoms with van der Waals surface area (Å²) in [6.45, 7) is 1.40. The molecule has 2 amide bonds. The monoisotopic (exact) mass is 471 g/mol. The summed E-state index contributed by atoms with van der Waals surface area (Å²) in [6, 6.07) is -0.908. The number of nitrogen functional groups attached to an aromatic ring is 1. The minimum Gasteiger partial charge on any atom is -0.432 e. The van der Waals surface area contributed by atoms with E-state index in [0.717, 1.165) is 11.3 Å². The number of carbonyl (C=O) groups is 3. The van der Waals surface area contributed by atoms with Crippen LogP contribution < -0.4 is 11.1 Å². The molecule has 3 heterocycles. The number of aliphatic hydroxyl groups excluding tert-OH is 1. The molecule has 0 aromatic carbocycles. The largest absolute Gasteiger partial charge is 0.432 e. The van der Waals surface area contributed by atoms with Crippen molar-refractivity contribution in [3.8, 4) is 0 Å². The molecule has 1 fully saturated rings. The second kappa shape index (κ2) is 9.64. The van der Waals surface area contributed by atoms with Crippen LogP contribution in [0.2, 0.25) is 0 Å². The fraction of sp³-hybridized carbons (Fsp3) is 0.471. The van der Waals surface area contributed by atoms with Crippen LogP contribution in [-0.2, 0) is 28.7 Å². The zero-order chi connectivity index (χ0) is 22.7. The molecule has 0 aliphatic carbocycles. The molecule has 0 spiro atoms. The van der Waals surface area contributed by atoms with Crippen molar-refractivity contribution in [2.24, 2.45) is 5.16 Å². The van der Waals surface area contributed by atoms with Crippen LogP contribution in [0.5, 0.6) is 0 Å². The van der Waals surface area contributed by atoms with Crippen molar-refractivity contribution in [2.45, 2.75) is 24.6 Å². The number of ether oxygens (including phenoxy) is 2. The Morgan fingerprint density at radius 1 is 1.48 bits per heavy atom. The first-order chi connectivity index (χ1) is 14.8. The molecule has 4 N–H and O–H groups in total. The fourth-order valence-corrected chi connectivity index (χ4v) is 4.94. The summed E-state index contributed by atoms with van der Waals surface area (Å²) in [7, 11) is 2.74. The van der Waals surface area contributed by atoms with E-state index in [4.69, 9.17) is 20.0 Å². The van der Waals surface area contributed by atoms with Crippen molar-refractivity contribution < 1.29 is 33.8 Å². The summed E-state index contributed by atoms with van der Waals surface area (Å²) in [4.78, 5) is 48.1. The Hall–Kier alpha value is -2.68. The normalized spacial score (nSPS) is 21.9. The molecular weight excluding hydrogens is 450 g/mol. The molecule has 2 aliphatic rings. The molecule has 1 aromatic heterocycles. The highest BCUT2D eigenvalue weighted by Crippen LogP contribution is 2.40. The number of nitrogens with one attached hydrogen (secondary N) is 1. The predicted octanol–water partition coefficient (Wildman–Crippen LogP) is -0.742. The summed E-state index contributed by atoms with van der Waals surface area (Å²) in [5.74, 6) is -1.65. The standard InChI is InChI=1S/C17H21N5O7S2/c1-7(23)29-16(26)12-8(4-27-2)5-30-15-11(14(25)22(12)15)20-13(24)10(21-28-3)9-6-31-17(18)19-9/h6-7,11,15,23H,4-5H2,1-3H3,(H2,18,19)(H,20,24). The smallest absolute Gasteiger partial charge is 0.357 e. The zero-order valence-electron chi connectivity index (χ0n) is 16.9. The van der Waals surface area contributed by atoms with Gasteiger partial charge in [0.1, 0.15) is 29.9 Å². The van der Waals surface area contributed by atoms with E-state index in [1.807, 2.05) is 0 Å². The molecule has 31 heavy (non-hydrogen) atoms. The summed E-state index contributed by atoms with van der Waals surface area (Å²) < 4.78 is 9.99. The topological polar surface area (TPSA) is 166 Å². The number of methoxy groups -OCH3 is 1. The van der Waals surface area contributed by atoms with Gasteiger partial charge in [-0.3, -0.25) is 14.5 Å². The van der Waals surface area contributed by atoms with Gasteiger partial charge in [0, 0.05) is 18.2 Å². The number of anilines is 1. The van der Waals surface area contributed by atoms with E-state index in [0.29, 0.717) is 11.3 Å². The van der Waals surface area contributed by atoms with E-state index in [1.54, 1.807) is 5.38 Å². The van der Waals surface area contributed by atoms with Gasteiger partial charge in [-0.2, -0.15) is 0 Å². The van der Waals surface area contributed by atoms with Crippen LogP contribution in [0.1, 0.15) is 12.6 Å². The molecule has 3 unspecified atom stereocenters. The number of hydrogen-bond donors (Lipinski definition) is 3. The van der Waals surface area contributed by atoms with Gasteiger partial charge in [0.05, 0.1) is 6.61 Å². The quantitative estimate of drug-likeness (QED) is 0.144. The molecule has 3 rings (SSSR count). The van der Waals surface area contributed by atoms with Crippen LogP contribution in [-0.4, -0.2) is 82.8 Å². The summed E-state index contributed by atoms with van der Waals surface area (Å²) in [5, 5.41) is 16.9. The van der Waals surface area contributed by atoms with E-state index >= 15 is 0 Å². The average Bonchev–Trinajstić information content (AvgIpc) is 3.15. The molecule has 0 radical (unpaired) electrons. The lowest BCUT2D eigenvalue weighted by atomic mass is 10.0. The number of thioether (sulfide) groups is 1. The number of hydrogen-bond acceptors (Lipinski definition) is 12. The highest BCUT2D eigenvalue weighted by atomic mass is 32.2. The maximum atomic E-state index is 12.9. The number of oxime groups is 1. The molecule has 0 bridgehead atoms. The number of rotatable bonds is 8. The van der Waals surface area contributed by atoms with Gasteiger partial charge in [0.25, 0.3) is 11.8 Å². The Morgan fingerprint density at radius 2 is 2.23 bits per heavy atom. The number of nitrogens with two attached hydrogens (primary N) is 1. The summed E-state index contributed by atoms with van der Waals surface area (Å²) >= 11 is 2.49. The maximum absolute atomic E-state index is 12.9. The number of nitrogens with zero attached hydrogens (tertiary/aromatic N) is 3. The predicted molar refractivity (Wildman–Crippen MR) is 112 cm³/mol. The molecule has 168 valence electrons.